The summed E-state index contributed by atoms with van der Waals surface area (Å²) in [6.07, 6.45) is 4.44. The van der Waals surface area contributed by atoms with E-state index in [-0.39, 0.29) is 17.9 Å². The first-order valence-electron chi connectivity index (χ1n) is 6.57. The molecule has 0 spiro atoms. The van der Waals surface area contributed by atoms with Crippen LogP contribution in [0.2, 0.25) is 0 Å². The van der Waals surface area contributed by atoms with Crippen molar-refractivity contribution in [3.05, 3.63) is 33.1 Å². The number of hydrogen-bond donors (Lipinski definition) is 1. The van der Waals surface area contributed by atoms with E-state index >= 15 is 0 Å². The summed E-state index contributed by atoms with van der Waals surface area (Å²) in [4.78, 5) is 25.0. The summed E-state index contributed by atoms with van der Waals surface area (Å²) >= 11 is 1.87. The second kappa shape index (κ2) is 5.52. The zero-order valence-electron chi connectivity index (χ0n) is 10.6. The Balaban J connectivity index is 1.64. The van der Waals surface area contributed by atoms with Gasteiger partial charge in [-0.3, -0.25) is 14.3 Å². The Labute approximate surface area is 114 Å². The van der Waals surface area contributed by atoms with E-state index in [1.807, 2.05) is 11.9 Å². The molecule has 1 aromatic heterocycles. The van der Waals surface area contributed by atoms with Gasteiger partial charge in [0.25, 0.3) is 5.56 Å². The second-order valence-electron chi connectivity index (χ2n) is 4.88. The number of nitrogens with one attached hydrogen (secondary N) is 1. The number of rotatable bonds is 3. The summed E-state index contributed by atoms with van der Waals surface area (Å²) < 4.78 is 9.72. The van der Waals surface area contributed by atoms with Gasteiger partial charge in [-0.15, -0.1) is 0 Å². The van der Waals surface area contributed by atoms with Crippen LogP contribution < -0.4 is 11.2 Å². The van der Waals surface area contributed by atoms with Crippen molar-refractivity contribution in [3.63, 3.8) is 0 Å². The molecule has 2 aliphatic rings. The van der Waals surface area contributed by atoms with Gasteiger partial charge in [0.1, 0.15) is 6.23 Å². The Morgan fingerprint density at radius 3 is 3.05 bits per heavy atom. The summed E-state index contributed by atoms with van der Waals surface area (Å²) in [5.74, 6) is 1.19. The Kier molecular flexibility index (Phi) is 3.76. The molecule has 7 heteroatoms. The van der Waals surface area contributed by atoms with Gasteiger partial charge in [-0.2, -0.15) is 0 Å². The molecule has 0 radical (unpaired) electrons. The van der Waals surface area contributed by atoms with E-state index in [9.17, 15) is 9.59 Å². The number of aromatic amines is 1. The van der Waals surface area contributed by atoms with Crippen LogP contribution in [0.1, 0.15) is 25.5 Å². The lowest BCUT2D eigenvalue weighted by atomic mass is 10.2. The quantitative estimate of drug-likeness (QED) is 0.821. The smallest absolute Gasteiger partial charge is 0.330 e. The van der Waals surface area contributed by atoms with Crippen molar-refractivity contribution < 1.29 is 4.74 Å². The lowest BCUT2D eigenvalue weighted by Crippen LogP contribution is -2.32. The van der Waals surface area contributed by atoms with Crippen LogP contribution in [-0.2, 0) is 4.74 Å². The third-order valence-electron chi connectivity index (χ3n) is 3.48. The van der Waals surface area contributed by atoms with Gasteiger partial charge in [-0.05, 0) is 19.3 Å². The van der Waals surface area contributed by atoms with Crippen molar-refractivity contribution in [3.8, 4) is 0 Å². The van der Waals surface area contributed by atoms with E-state index in [1.165, 1.54) is 29.0 Å². The fourth-order valence-electron chi connectivity index (χ4n) is 2.55. The zero-order valence-corrected chi connectivity index (χ0v) is 11.4. The van der Waals surface area contributed by atoms with Crippen molar-refractivity contribution in [1.29, 1.82) is 0 Å². The molecule has 0 aliphatic carbocycles. The largest absolute Gasteiger partial charge is 0.353 e. The van der Waals surface area contributed by atoms with Crippen LogP contribution in [0, 0.1) is 0 Å². The molecule has 2 unspecified atom stereocenters. The molecule has 2 fully saturated rings. The van der Waals surface area contributed by atoms with Crippen LogP contribution in [0.25, 0.3) is 0 Å². The fourth-order valence-corrected chi connectivity index (χ4v) is 3.60. The van der Waals surface area contributed by atoms with Crippen molar-refractivity contribution in [2.45, 2.75) is 31.6 Å². The molecule has 1 aromatic rings. The summed E-state index contributed by atoms with van der Waals surface area (Å²) in [6, 6.07) is 1.36. The first-order valence-corrected chi connectivity index (χ1v) is 7.51. The van der Waals surface area contributed by atoms with Gasteiger partial charge in [0.15, 0.2) is 0 Å². The standard InChI is InChI=1S/C12H17N3O3S/c16-10-4-6-15(12(17)13-10)11-3-2-9(18-11)8-14-5-1-7-19-14/h4,6,9,11H,1-3,5,7-8H2,(H,13,16,17). The molecular weight excluding hydrogens is 266 g/mol. The fraction of sp³-hybridized carbons (Fsp3) is 0.667. The van der Waals surface area contributed by atoms with Crippen molar-refractivity contribution >= 4 is 11.9 Å². The molecule has 0 aromatic carbocycles. The SMILES string of the molecule is O=c1ccn(C2CCC(CN3CCCS3)O2)c(=O)[nH]1. The Morgan fingerprint density at radius 2 is 2.32 bits per heavy atom. The summed E-state index contributed by atoms with van der Waals surface area (Å²) in [5.41, 5.74) is -0.766. The van der Waals surface area contributed by atoms with Crippen LogP contribution in [0.5, 0.6) is 0 Å². The molecule has 0 amide bonds. The van der Waals surface area contributed by atoms with Crippen molar-refractivity contribution in [2.24, 2.45) is 0 Å². The highest BCUT2D eigenvalue weighted by Crippen LogP contribution is 2.30. The summed E-state index contributed by atoms with van der Waals surface area (Å²) in [7, 11) is 0. The highest BCUT2D eigenvalue weighted by Gasteiger charge is 2.29. The number of hydrogen-bond acceptors (Lipinski definition) is 5. The molecule has 3 heterocycles. The van der Waals surface area contributed by atoms with Crippen LogP contribution in [0.15, 0.2) is 21.9 Å². The highest BCUT2D eigenvalue weighted by molar-refractivity contribution is 7.97. The van der Waals surface area contributed by atoms with E-state index in [1.54, 1.807) is 0 Å². The molecule has 19 heavy (non-hydrogen) atoms. The number of H-pyrrole nitrogens is 1. The van der Waals surface area contributed by atoms with Crippen LogP contribution in [-0.4, -0.2) is 38.8 Å². The number of nitrogens with zero attached hydrogens (tertiary/aromatic N) is 2. The molecule has 1 N–H and O–H groups in total. The predicted octanol–water partition coefficient (Wildman–Crippen LogP) is 0.568. The molecule has 2 atom stereocenters. The average Bonchev–Trinajstić information content (AvgIpc) is 3.01. The normalized spacial score (nSPS) is 28.0. The Hall–Kier alpha value is -1.05. The molecule has 2 aliphatic heterocycles. The maximum atomic E-state index is 11.7. The third kappa shape index (κ3) is 2.93. The molecular formula is C12H17N3O3S. The number of aromatic nitrogens is 2. The Morgan fingerprint density at radius 1 is 1.42 bits per heavy atom. The van der Waals surface area contributed by atoms with Gasteiger partial charge < -0.3 is 4.74 Å². The van der Waals surface area contributed by atoms with Crippen LogP contribution in [0.3, 0.4) is 0 Å². The van der Waals surface area contributed by atoms with E-state index in [2.05, 4.69) is 9.29 Å². The van der Waals surface area contributed by atoms with E-state index in [4.69, 9.17) is 4.74 Å². The van der Waals surface area contributed by atoms with Crippen molar-refractivity contribution in [2.75, 3.05) is 18.8 Å². The first-order chi connectivity index (χ1) is 9.22. The lowest BCUT2D eigenvalue weighted by Gasteiger charge is -2.19. The van der Waals surface area contributed by atoms with Crippen LogP contribution >= 0.6 is 11.9 Å². The van der Waals surface area contributed by atoms with Gasteiger partial charge in [-0.1, -0.05) is 11.9 Å². The van der Waals surface area contributed by atoms with Gasteiger partial charge in [-0.25, -0.2) is 9.10 Å². The average molecular weight is 283 g/mol. The second-order valence-corrected chi connectivity index (χ2v) is 6.07. The molecule has 6 nitrogen and oxygen atoms in total. The maximum Gasteiger partial charge on any atom is 0.330 e. The molecule has 3 rings (SSSR count). The maximum absolute atomic E-state index is 11.7. The molecule has 2 saturated heterocycles. The van der Waals surface area contributed by atoms with E-state index in [0.29, 0.717) is 0 Å². The predicted molar refractivity (Wildman–Crippen MR) is 73.1 cm³/mol. The lowest BCUT2D eigenvalue weighted by molar-refractivity contribution is -0.00610. The monoisotopic (exact) mass is 283 g/mol. The summed E-state index contributed by atoms with van der Waals surface area (Å²) in [6.45, 7) is 2.03. The highest BCUT2D eigenvalue weighted by atomic mass is 32.2. The van der Waals surface area contributed by atoms with E-state index < -0.39 is 5.69 Å². The van der Waals surface area contributed by atoms with Gasteiger partial charge >= 0.3 is 5.69 Å². The van der Waals surface area contributed by atoms with Gasteiger partial charge in [0.2, 0.25) is 0 Å². The Bertz CT molecular complexity index is 550. The van der Waals surface area contributed by atoms with E-state index in [0.717, 1.165) is 25.9 Å². The number of ether oxygens (including phenoxy) is 1. The van der Waals surface area contributed by atoms with Crippen molar-refractivity contribution in [1.82, 2.24) is 13.9 Å². The minimum atomic E-state index is -0.395. The third-order valence-corrected chi connectivity index (χ3v) is 4.65. The zero-order chi connectivity index (χ0) is 13.2. The molecule has 0 bridgehead atoms. The van der Waals surface area contributed by atoms with Crippen LogP contribution in [0.4, 0.5) is 0 Å². The topological polar surface area (TPSA) is 67.3 Å². The molecule has 104 valence electrons. The summed E-state index contributed by atoms with van der Waals surface area (Å²) in [5, 5.41) is 0. The molecule has 0 saturated carbocycles. The van der Waals surface area contributed by atoms with Gasteiger partial charge in [0, 0.05) is 31.1 Å². The van der Waals surface area contributed by atoms with Gasteiger partial charge in [0.05, 0.1) is 6.10 Å². The first kappa shape index (κ1) is 13.0. The minimum Gasteiger partial charge on any atom is -0.353 e. The minimum absolute atomic E-state index is 0.175.